The minimum Gasteiger partial charge on any atom is -0.381 e. The Labute approximate surface area is 156 Å². The predicted molar refractivity (Wildman–Crippen MR) is 93.6 cm³/mol. The normalized spacial score (nSPS) is 20.6. The van der Waals surface area contributed by atoms with Crippen LogP contribution in [0.25, 0.3) is 0 Å². The Hall–Kier alpha value is -4.15. The summed E-state index contributed by atoms with van der Waals surface area (Å²) in [6, 6.07) is 10.6. The van der Waals surface area contributed by atoms with Gasteiger partial charge in [0.1, 0.15) is 11.6 Å². The summed E-state index contributed by atoms with van der Waals surface area (Å²) in [4.78, 5) is 52.3. The zero-order valence-electron chi connectivity index (χ0n) is 13.9. The van der Waals surface area contributed by atoms with Crippen molar-refractivity contribution in [2.45, 2.75) is 6.10 Å². The van der Waals surface area contributed by atoms with Crippen molar-refractivity contribution in [1.29, 1.82) is 0 Å². The molecule has 2 atom stereocenters. The van der Waals surface area contributed by atoms with E-state index in [4.69, 9.17) is 4.84 Å². The molecule has 0 saturated carbocycles. The fourth-order valence-electron chi connectivity index (χ4n) is 3.19. The first-order chi connectivity index (χ1) is 13.4. The Morgan fingerprint density at radius 1 is 0.929 bits per heavy atom. The predicted octanol–water partition coefficient (Wildman–Crippen LogP) is 1.80. The number of nitro groups is 2. The van der Waals surface area contributed by atoms with Crippen molar-refractivity contribution >= 4 is 34.6 Å². The maximum absolute atomic E-state index is 12.9. The summed E-state index contributed by atoms with van der Waals surface area (Å²) < 4.78 is 0. The molecule has 140 valence electrons. The Morgan fingerprint density at radius 3 is 2.25 bits per heavy atom. The minimum absolute atomic E-state index is 0.0422. The Kier molecular flexibility index (Phi) is 3.84. The highest BCUT2D eigenvalue weighted by Crippen LogP contribution is 2.36. The van der Waals surface area contributed by atoms with Gasteiger partial charge in [0.2, 0.25) is 12.0 Å². The Balaban J connectivity index is 1.70. The molecule has 0 N–H and O–H groups in total. The van der Waals surface area contributed by atoms with Crippen LogP contribution in [0, 0.1) is 26.1 Å². The van der Waals surface area contributed by atoms with Gasteiger partial charge in [-0.25, -0.2) is 4.90 Å². The molecule has 0 bridgehead atoms. The van der Waals surface area contributed by atoms with E-state index in [1.54, 1.807) is 0 Å². The van der Waals surface area contributed by atoms with E-state index in [1.165, 1.54) is 42.5 Å². The standard InChI is InChI=1S/C17H10N4O7/c22-16-13-14(9-3-1-5-11(7-9)20(24)25)18-28-15(13)17(23)19(16)10-4-2-6-12(8-10)21(26)27/h1-8,13,15H/t13-,15+/m1/s1. The number of benzene rings is 2. The van der Waals surface area contributed by atoms with Crippen molar-refractivity contribution in [1.82, 2.24) is 0 Å². The molecule has 1 fully saturated rings. The van der Waals surface area contributed by atoms with Gasteiger partial charge in [-0.2, -0.15) is 0 Å². The smallest absolute Gasteiger partial charge is 0.278 e. The second kappa shape index (κ2) is 6.23. The monoisotopic (exact) mass is 382 g/mol. The van der Waals surface area contributed by atoms with Crippen molar-refractivity contribution in [3.05, 3.63) is 74.3 Å². The molecule has 2 aliphatic heterocycles. The highest BCUT2D eigenvalue weighted by atomic mass is 16.7. The third-order valence-corrected chi connectivity index (χ3v) is 4.46. The highest BCUT2D eigenvalue weighted by Gasteiger charge is 2.56. The molecule has 2 aromatic carbocycles. The molecular weight excluding hydrogens is 372 g/mol. The van der Waals surface area contributed by atoms with Crippen LogP contribution in [0.15, 0.2) is 53.7 Å². The van der Waals surface area contributed by atoms with E-state index in [0.717, 1.165) is 11.0 Å². The van der Waals surface area contributed by atoms with Crippen LogP contribution in [0.4, 0.5) is 17.1 Å². The third kappa shape index (κ3) is 2.57. The van der Waals surface area contributed by atoms with Gasteiger partial charge in [-0.1, -0.05) is 23.4 Å². The first kappa shape index (κ1) is 17.3. The zero-order chi connectivity index (χ0) is 20.0. The van der Waals surface area contributed by atoms with E-state index in [-0.39, 0.29) is 28.3 Å². The lowest BCUT2D eigenvalue weighted by molar-refractivity contribution is -0.385. The molecule has 0 unspecified atom stereocenters. The number of hydrogen-bond donors (Lipinski definition) is 0. The van der Waals surface area contributed by atoms with Gasteiger partial charge in [0, 0.05) is 29.8 Å². The van der Waals surface area contributed by atoms with Crippen LogP contribution >= 0.6 is 0 Å². The number of carbonyl (C=O) groups excluding carboxylic acids is 2. The Morgan fingerprint density at radius 2 is 1.57 bits per heavy atom. The number of imide groups is 1. The summed E-state index contributed by atoms with van der Waals surface area (Å²) in [7, 11) is 0. The van der Waals surface area contributed by atoms with E-state index in [1.807, 2.05) is 0 Å². The van der Waals surface area contributed by atoms with Crippen LogP contribution in [-0.2, 0) is 14.4 Å². The fourth-order valence-corrected chi connectivity index (χ4v) is 3.19. The number of anilines is 1. The second-order valence-electron chi connectivity index (χ2n) is 6.08. The van der Waals surface area contributed by atoms with Crippen molar-refractivity contribution < 1.29 is 24.3 Å². The van der Waals surface area contributed by atoms with Gasteiger partial charge in [0.05, 0.1) is 15.5 Å². The minimum atomic E-state index is -1.22. The summed E-state index contributed by atoms with van der Waals surface area (Å²) in [5.74, 6) is -2.47. The number of amides is 2. The third-order valence-electron chi connectivity index (χ3n) is 4.46. The Bertz CT molecular complexity index is 1080. The number of nitrogens with zero attached hydrogens (tertiary/aromatic N) is 4. The second-order valence-corrected chi connectivity index (χ2v) is 6.08. The zero-order valence-corrected chi connectivity index (χ0v) is 13.9. The van der Waals surface area contributed by atoms with Gasteiger partial charge in [-0.15, -0.1) is 0 Å². The molecule has 1 saturated heterocycles. The number of oxime groups is 1. The summed E-state index contributed by atoms with van der Waals surface area (Å²) in [5.41, 5.74) is -0.0519. The average Bonchev–Trinajstić information content (AvgIpc) is 3.22. The summed E-state index contributed by atoms with van der Waals surface area (Å²) in [6.45, 7) is 0. The number of carbonyl (C=O) groups is 2. The van der Waals surface area contributed by atoms with Crippen molar-refractivity contribution in [3.63, 3.8) is 0 Å². The van der Waals surface area contributed by atoms with Gasteiger partial charge >= 0.3 is 0 Å². The first-order valence-corrected chi connectivity index (χ1v) is 7.99. The lowest BCUT2D eigenvalue weighted by atomic mass is 9.94. The van der Waals surface area contributed by atoms with Crippen LogP contribution < -0.4 is 4.90 Å². The molecule has 0 spiro atoms. The van der Waals surface area contributed by atoms with E-state index in [0.29, 0.717) is 0 Å². The number of fused-ring (bicyclic) bond motifs is 1. The van der Waals surface area contributed by atoms with Crippen LogP contribution in [0.5, 0.6) is 0 Å². The lowest BCUT2D eigenvalue weighted by Gasteiger charge is -2.15. The number of non-ortho nitro benzene ring substituents is 2. The highest BCUT2D eigenvalue weighted by molar-refractivity contribution is 6.32. The summed E-state index contributed by atoms with van der Waals surface area (Å²) >= 11 is 0. The molecule has 0 aromatic heterocycles. The van der Waals surface area contributed by atoms with Crippen molar-refractivity contribution in [3.8, 4) is 0 Å². The van der Waals surface area contributed by atoms with Crippen LogP contribution in [0.3, 0.4) is 0 Å². The van der Waals surface area contributed by atoms with E-state index >= 15 is 0 Å². The maximum Gasteiger partial charge on any atom is 0.278 e. The molecule has 11 nitrogen and oxygen atoms in total. The molecule has 0 radical (unpaired) electrons. The van der Waals surface area contributed by atoms with Crippen molar-refractivity contribution in [2.24, 2.45) is 11.1 Å². The van der Waals surface area contributed by atoms with Crippen LogP contribution in [0.1, 0.15) is 5.56 Å². The SMILES string of the molecule is O=C1[C@@H]2C(c3cccc([N+](=O)[O-])c3)=NO[C@@H]2C(=O)N1c1cccc([N+](=O)[O-])c1. The van der Waals surface area contributed by atoms with Gasteiger partial charge in [0.25, 0.3) is 17.3 Å². The molecule has 2 aromatic rings. The van der Waals surface area contributed by atoms with E-state index < -0.39 is 33.7 Å². The molecule has 4 rings (SSSR count). The molecule has 0 aliphatic carbocycles. The molecule has 2 amide bonds. The maximum atomic E-state index is 12.9. The summed E-state index contributed by atoms with van der Waals surface area (Å²) in [5, 5.41) is 25.7. The lowest BCUT2D eigenvalue weighted by Crippen LogP contribution is -2.33. The molecule has 2 heterocycles. The first-order valence-electron chi connectivity index (χ1n) is 7.99. The number of nitro benzene ring substituents is 2. The van der Waals surface area contributed by atoms with E-state index in [2.05, 4.69) is 5.16 Å². The van der Waals surface area contributed by atoms with Crippen LogP contribution in [0.2, 0.25) is 0 Å². The van der Waals surface area contributed by atoms with E-state index in [9.17, 15) is 29.8 Å². The quantitative estimate of drug-likeness (QED) is 0.445. The van der Waals surface area contributed by atoms with Crippen LogP contribution in [-0.4, -0.2) is 33.5 Å². The van der Waals surface area contributed by atoms with Gasteiger partial charge in [0.15, 0.2) is 0 Å². The molecule has 28 heavy (non-hydrogen) atoms. The average molecular weight is 382 g/mol. The molecule has 11 heteroatoms. The molecular formula is C17H10N4O7. The summed E-state index contributed by atoms with van der Waals surface area (Å²) in [6.07, 6.45) is -1.22. The van der Waals surface area contributed by atoms with Crippen molar-refractivity contribution in [2.75, 3.05) is 4.90 Å². The topological polar surface area (TPSA) is 145 Å². The largest absolute Gasteiger partial charge is 0.381 e. The number of rotatable bonds is 4. The van der Waals surface area contributed by atoms with Gasteiger partial charge in [-0.3, -0.25) is 29.8 Å². The fraction of sp³-hybridized carbons (Fsp3) is 0.118. The number of hydrogen-bond acceptors (Lipinski definition) is 8. The van der Waals surface area contributed by atoms with Gasteiger partial charge in [-0.05, 0) is 6.07 Å². The van der Waals surface area contributed by atoms with Gasteiger partial charge < -0.3 is 4.84 Å². The molecule has 2 aliphatic rings.